The van der Waals surface area contributed by atoms with Crippen LogP contribution in [-0.4, -0.2) is 205 Å². The quantitative estimate of drug-likeness (QED) is 0.0357. The van der Waals surface area contributed by atoms with Gasteiger partial charge in [-0.3, -0.25) is 49.0 Å². The van der Waals surface area contributed by atoms with Crippen molar-refractivity contribution in [3.8, 4) is 0 Å². The van der Waals surface area contributed by atoms with Gasteiger partial charge in [0.2, 0.25) is 47.3 Å². The number of hydrogen-bond donors (Lipinski definition) is 4. The van der Waals surface area contributed by atoms with E-state index in [-0.39, 0.29) is 128 Å². The van der Waals surface area contributed by atoms with Crippen LogP contribution in [0.2, 0.25) is 0 Å². The van der Waals surface area contributed by atoms with Crippen LogP contribution in [0.3, 0.4) is 0 Å². The van der Waals surface area contributed by atoms with Crippen molar-refractivity contribution in [3.05, 3.63) is 71.8 Å². The second kappa shape index (κ2) is 58.5. The molecule has 20 nitrogen and oxygen atoms in total. The zero-order valence-corrected chi connectivity index (χ0v) is 64.0. The van der Waals surface area contributed by atoms with Crippen LogP contribution < -0.4 is 22.1 Å². The maximum atomic E-state index is 15.3. The minimum absolute atomic E-state index is 0.0732. The first kappa shape index (κ1) is 90.1. The molecule has 2 rings (SSSR count). The first-order valence-electron chi connectivity index (χ1n) is 39.4. The van der Waals surface area contributed by atoms with Crippen molar-refractivity contribution in [2.75, 3.05) is 118 Å². The lowest BCUT2D eigenvalue weighted by atomic mass is 10.1. The molecule has 0 unspecified atom stereocenters. The molecule has 0 saturated heterocycles. The van der Waals surface area contributed by atoms with Gasteiger partial charge in [0.1, 0.15) is 0 Å². The van der Waals surface area contributed by atoms with Gasteiger partial charge in [-0.1, -0.05) is 268 Å². The largest absolute Gasteiger partial charge is 0.368 e. The maximum absolute atomic E-state index is 15.3. The molecule has 570 valence electrons. The Balaban J connectivity index is 2.65. The Labute approximate surface area is 606 Å². The molecule has 0 bridgehead atoms. The standard InChI is InChI=1S/C80H141N11O9/c1-8-12-16-20-24-28-32-42-53-85(61-72(82)92)74(94)62-86(54-43-33-29-25-21-17-13-9-2)75(95)63-87(55-44-34-30-26-22-18-14-10-3)76(96)64-88(56-45-35-31-27-23-19-15-11-4)77(97)65-89(57-50-70-46-38-36-39-47-70)78(98)66-90(58-51-71-48-40-37-41-49-71)79(99)67-91(59-52-81)73(93)60-83-68-84-69-100-80(5,6)7/h36-41,46-49,83-84H,8-35,42-45,50-69,81H2,1-7H3,(H2,82,92). The molecule has 100 heavy (non-hydrogen) atoms. The normalized spacial score (nSPS) is 11.4. The summed E-state index contributed by atoms with van der Waals surface area (Å²) >= 11 is 0. The Morgan fingerprint density at radius 3 is 0.870 bits per heavy atom. The van der Waals surface area contributed by atoms with E-state index in [9.17, 15) is 19.2 Å². The number of ether oxygens (including phenoxy) is 1. The number of amides is 8. The first-order chi connectivity index (χ1) is 48.3. The minimum Gasteiger partial charge on any atom is -0.368 e. The third-order valence-corrected chi connectivity index (χ3v) is 18.5. The summed E-state index contributed by atoms with van der Waals surface area (Å²) in [7, 11) is 0. The summed E-state index contributed by atoms with van der Waals surface area (Å²) in [6.07, 6.45) is 33.9. The van der Waals surface area contributed by atoms with Crippen LogP contribution in [0, 0.1) is 0 Å². The number of rotatable bonds is 64. The molecule has 0 aliphatic carbocycles. The highest BCUT2D eigenvalue weighted by Gasteiger charge is 2.31. The zero-order valence-electron chi connectivity index (χ0n) is 64.0. The van der Waals surface area contributed by atoms with Crippen LogP contribution in [0.5, 0.6) is 0 Å². The summed E-state index contributed by atoms with van der Waals surface area (Å²) in [5.41, 5.74) is 13.3. The van der Waals surface area contributed by atoms with Crippen molar-refractivity contribution in [3.63, 3.8) is 0 Å². The zero-order chi connectivity index (χ0) is 73.3. The van der Waals surface area contributed by atoms with E-state index in [4.69, 9.17) is 16.2 Å². The second-order valence-corrected chi connectivity index (χ2v) is 28.6. The van der Waals surface area contributed by atoms with E-state index in [2.05, 4.69) is 38.3 Å². The number of unbranched alkanes of at least 4 members (excludes halogenated alkanes) is 28. The number of carbonyl (C=O) groups is 8. The summed E-state index contributed by atoms with van der Waals surface area (Å²) in [5.74, 6) is -3.43. The number of primary amides is 1. The van der Waals surface area contributed by atoms with Crippen molar-refractivity contribution in [2.24, 2.45) is 11.5 Å². The second-order valence-electron chi connectivity index (χ2n) is 28.6. The molecule has 0 spiro atoms. The molecule has 0 saturated carbocycles. The van der Waals surface area contributed by atoms with Crippen LogP contribution in [0.15, 0.2) is 60.7 Å². The fraction of sp³-hybridized carbons (Fsp3) is 0.750. The number of hydrogen-bond acceptors (Lipinski definition) is 12. The highest BCUT2D eigenvalue weighted by Crippen LogP contribution is 2.17. The molecule has 0 aliphatic rings. The first-order valence-corrected chi connectivity index (χ1v) is 39.4. The lowest BCUT2D eigenvalue weighted by Gasteiger charge is -2.32. The average Bonchev–Trinajstić information content (AvgIpc) is 0.870. The summed E-state index contributed by atoms with van der Waals surface area (Å²) < 4.78 is 5.73. The summed E-state index contributed by atoms with van der Waals surface area (Å²) in [4.78, 5) is 127. The van der Waals surface area contributed by atoms with Gasteiger partial charge < -0.3 is 50.5 Å². The summed E-state index contributed by atoms with van der Waals surface area (Å²) in [6, 6.07) is 19.3. The van der Waals surface area contributed by atoms with Gasteiger partial charge >= 0.3 is 0 Å². The molecule has 0 fully saturated rings. The molecule has 0 radical (unpaired) electrons. The van der Waals surface area contributed by atoms with Crippen molar-refractivity contribution in [1.29, 1.82) is 0 Å². The van der Waals surface area contributed by atoms with E-state index >= 15 is 19.2 Å². The Morgan fingerprint density at radius 1 is 0.340 bits per heavy atom. The van der Waals surface area contributed by atoms with Gasteiger partial charge in [-0.2, -0.15) is 0 Å². The van der Waals surface area contributed by atoms with E-state index in [0.29, 0.717) is 51.6 Å². The predicted octanol–water partition coefficient (Wildman–Crippen LogP) is 12.2. The van der Waals surface area contributed by atoms with E-state index in [1.165, 1.54) is 77.4 Å². The monoisotopic (exact) mass is 1400 g/mol. The SMILES string of the molecule is CCCCCCCCCCN(CC(N)=O)C(=O)CN(CCCCCCCCCC)C(=O)CN(CCCCCCCCCC)C(=O)CN(CCCCCCCCCC)C(=O)CN(CCc1ccccc1)C(=O)CN(CCc1ccccc1)C(=O)CN(CCN)C(=O)CNCNCOC(C)(C)C. The van der Waals surface area contributed by atoms with Crippen LogP contribution in [0.25, 0.3) is 0 Å². The molecule has 2 aromatic rings. The summed E-state index contributed by atoms with van der Waals surface area (Å²) in [6.45, 7) is 14.6. The molecule has 0 atom stereocenters. The van der Waals surface area contributed by atoms with Gasteiger partial charge in [-0.25, -0.2) is 0 Å². The molecule has 0 aromatic heterocycles. The van der Waals surface area contributed by atoms with Gasteiger partial charge in [0.05, 0.1) is 64.7 Å². The predicted molar refractivity (Wildman–Crippen MR) is 407 cm³/mol. The van der Waals surface area contributed by atoms with Crippen LogP contribution in [0.1, 0.15) is 265 Å². The topological polar surface area (TPSA) is 245 Å². The fourth-order valence-electron chi connectivity index (χ4n) is 12.2. The minimum atomic E-state index is -0.617. The third kappa shape index (κ3) is 45.8. The average molecular weight is 1400 g/mol. The molecule has 20 heteroatoms. The Morgan fingerprint density at radius 2 is 0.600 bits per heavy atom. The van der Waals surface area contributed by atoms with Gasteiger partial charge in [0, 0.05) is 59.0 Å². The Bertz CT molecular complexity index is 2470. The van der Waals surface area contributed by atoms with Crippen LogP contribution in [0.4, 0.5) is 0 Å². The highest BCUT2D eigenvalue weighted by atomic mass is 16.5. The molecular formula is C80H141N11O9. The molecule has 8 amide bonds. The van der Waals surface area contributed by atoms with Crippen molar-refractivity contribution in [1.82, 2.24) is 44.9 Å². The van der Waals surface area contributed by atoms with E-state index in [0.717, 1.165) is 133 Å². The van der Waals surface area contributed by atoms with Gasteiger partial charge in [-0.15, -0.1) is 0 Å². The fourth-order valence-corrected chi connectivity index (χ4v) is 12.2. The number of benzene rings is 2. The van der Waals surface area contributed by atoms with E-state index in [1.807, 2.05) is 81.4 Å². The maximum Gasteiger partial charge on any atom is 0.242 e. The molecule has 6 N–H and O–H groups in total. The van der Waals surface area contributed by atoms with Gasteiger partial charge in [0.25, 0.3) is 0 Å². The smallest absolute Gasteiger partial charge is 0.242 e. The lowest BCUT2D eigenvalue weighted by molar-refractivity contribution is -0.148. The number of nitrogens with zero attached hydrogens (tertiary/aromatic N) is 7. The highest BCUT2D eigenvalue weighted by molar-refractivity contribution is 5.93. The molecule has 0 aliphatic heterocycles. The van der Waals surface area contributed by atoms with Crippen molar-refractivity contribution < 1.29 is 43.1 Å². The van der Waals surface area contributed by atoms with E-state index in [1.54, 1.807) is 14.7 Å². The summed E-state index contributed by atoms with van der Waals surface area (Å²) in [5, 5.41) is 6.18. The van der Waals surface area contributed by atoms with Gasteiger partial charge in [0.15, 0.2) is 0 Å². The number of nitrogens with one attached hydrogen (secondary N) is 2. The number of carbonyl (C=O) groups excluding carboxylic acids is 8. The van der Waals surface area contributed by atoms with Crippen LogP contribution in [-0.2, 0) is 55.9 Å². The lowest BCUT2D eigenvalue weighted by Crippen LogP contribution is -2.53. The third-order valence-electron chi connectivity index (χ3n) is 18.5. The Kier molecular flexibility index (Phi) is 52.8. The van der Waals surface area contributed by atoms with E-state index < -0.39 is 29.5 Å². The van der Waals surface area contributed by atoms with Crippen molar-refractivity contribution >= 4 is 47.3 Å². The van der Waals surface area contributed by atoms with Gasteiger partial charge in [-0.05, 0) is 70.4 Å². The molecule has 2 aromatic carbocycles. The van der Waals surface area contributed by atoms with Crippen LogP contribution >= 0.6 is 0 Å². The number of nitrogens with two attached hydrogens (primary N) is 2. The molecular weight excluding hydrogens is 1260 g/mol. The Hall–Kier alpha value is -5.96. The van der Waals surface area contributed by atoms with Crippen molar-refractivity contribution in [2.45, 2.75) is 272 Å². The molecule has 0 heterocycles.